The molecule has 1 aliphatic heterocycles. The predicted molar refractivity (Wildman–Crippen MR) is 118 cm³/mol. The molecule has 2 amide bonds. The predicted octanol–water partition coefficient (Wildman–Crippen LogP) is 2.55. The molecular formula is C24H24N2O6. The van der Waals surface area contributed by atoms with Crippen LogP contribution in [0.1, 0.15) is 40.1 Å². The number of phenols is 1. The molecule has 0 atom stereocenters. The summed E-state index contributed by atoms with van der Waals surface area (Å²) in [6, 6.07) is 10.9. The number of rotatable bonds is 9. The number of carbonyl (C=O) groups excluding carboxylic acids is 4. The van der Waals surface area contributed by atoms with Crippen molar-refractivity contribution >= 4 is 29.3 Å². The Hall–Kier alpha value is -3.94. The third-order valence-corrected chi connectivity index (χ3v) is 5.19. The minimum atomic E-state index is -0.764. The van der Waals surface area contributed by atoms with Gasteiger partial charge in [0, 0.05) is 42.6 Å². The van der Waals surface area contributed by atoms with Crippen molar-refractivity contribution in [1.29, 1.82) is 0 Å². The zero-order valence-electron chi connectivity index (χ0n) is 17.9. The van der Waals surface area contributed by atoms with Crippen LogP contribution in [0.25, 0.3) is 0 Å². The highest BCUT2D eigenvalue weighted by Crippen LogP contribution is 2.28. The van der Waals surface area contributed by atoms with Crippen molar-refractivity contribution in [1.82, 2.24) is 4.90 Å². The summed E-state index contributed by atoms with van der Waals surface area (Å²) in [5, 5.41) is 10.5. The first kappa shape index (κ1) is 22.7. The lowest BCUT2D eigenvalue weighted by atomic mass is 9.97. The first-order chi connectivity index (χ1) is 15.4. The molecular weight excluding hydrogens is 412 g/mol. The Kier molecular flexibility index (Phi) is 7.04. The number of phenolic OH excluding ortho intramolecular Hbond substituents is 1. The van der Waals surface area contributed by atoms with Gasteiger partial charge in [0.15, 0.2) is 5.78 Å². The van der Waals surface area contributed by atoms with E-state index in [0.29, 0.717) is 0 Å². The van der Waals surface area contributed by atoms with E-state index in [-0.39, 0.29) is 35.6 Å². The Morgan fingerprint density at radius 1 is 0.938 bits per heavy atom. The number of ketones is 1. The Morgan fingerprint density at radius 2 is 1.56 bits per heavy atom. The Labute approximate surface area is 185 Å². The molecule has 8 nitrogen and oxygen atoms in total. The third-order valence-electron chi connectivity index (χ3n) is 5.19. The average molecular weight is 436 g/mol. The molecule has 0 fully saturated rings. The Bertz CT molecular complexity index is 1070. The second-order valence-corrected chi connectivity index (χ2v) is 7.05. The molecule has 0 radical (unpaired) electrons. The summed E-state index contributed by atoms with van der Waals surface area (Å²) in [7, 11) is 0. The maximum absolute atomic E-state index is 13.1. The minimum Gasteiger partial charge on any atom is -0.507 e. The van der Waals surface area contributed by atoms with Gasteiger partial charge in [-0.3, -0.25) is 19.3 Å². The molecule has 0 saturated carbocycles. The van der Waals surface area contributed by atoms with Crippen molar-refractivity contribution in [2.75, 3.05) is 31.1 Å². The maximum Gasteiger partial charge on any atom is 0.338 e. The summed E-state index contributed by atoms with van der Waals surface area (Å²) in [5.41, 5.74) is 0.970. The zero-order valence-corrected chi connectivity index (χ0v) is 17.9. The van der Waals surface area contributed by atoms with E-state index in [1.807, 2.05) is 18.7 Å². The number of hydrogen-bond donors (Lipinski definition) is 1. The number of imide groups is 1. The van der Waals surface area contributed by atoms with Crippen LogP contribution in [-0.2, 0) is 14.3 Å². The number of anilines is 1. The van der Waals surface area contributed by atoms with Gasteiger partial charge in [0.1, 0.15) is 12.4 Å². The number of carbonyl (C=O) groups is 4. The molecule has 1 N–H and O–H groups in total. The van der Waals surface area contributed by atoms with E-state index in [1.54, 1.807) is 18.2 Å². The quantitative estimate of drug-likeness (QED) is 0.366. The van der Waals surface area contributed by atoms with Gasteiger partial charge in [0.25, 0.3) is 11.8 Å². The van der Waals surface area contributed by atoms with E-state index >= 15 is 0 Å². The third kappa shape index (κ3) is 4.69. The number of esters is 1. The van der Waals surface area contributed by atoms with Gasteiger partial charge in [0.2, 0.25) is 0 Å². The fourth-order valence-electron chi connectivity index (χ4n) is 3.46. The molecule has 3 rings (SSSR count). The lowest BCUT2D eigenvalue weighted by molar-refractivity contribution is -0.137. The number of hydrogen-bond acceptors (Lipinski definition) is 7. The van der Waals surface area contributed by atoms with Gasteiger partial charge >= 0.3 is 5.97 Å². The fourth-order valence-corrected chi connectivity index (χ4v) is 3.46. The molecule has 1 aliphatic rings. The summed E-state index contributed by atoms with van der Waals surface area (Å²) in [6.45, 7) is 5.21. The monoisotopic (exact) mass is 436 g/mol. The van der Waals surface area contributed by atoms with E-state index in [9.17, 15) is 24.3 Å². The average Bonchev–Trinajstić information content (AvgIpc) is 3.11. The van der Waals surface area contributed by atoms with Crippen LogP contribution in [0.4, 0.5) is 5.69 Å². The molecule has 1 heterocycles. The molecule has 0 spiro atoms. The van der Waals surface area contributed by atoms with E-state index in [4.69, 9.17) is 4.74 Å². The molecule has 2 aromatic carbocycles. The van der Waals surface area contributed by atoms with Crippen molar-refractivity contribution in [3.8, 4) is 5.75 Å². The Balaban J connectivity index is 1.75. The number of benzene rings is 2. The highest BCUT2D eigenvalue weighted by Gasteiger charge is 2.25. The first-order valence-electron chi connectivity index (χ1n) is 10.3. The molecule has 0 aliphatic carbocycles. The van der Waals surface area contributed by atoms with Crippen LogP contribution in [0.15, 0.2) is 54.6 Å². The molecule has 0 unspecified atom stereocenters. The number of nitrogens with zero attached hydrogens (tertiary/aromatic N) is 2. The fraction of sp³-hybridized carbons (Fsp3) is 0.250. The molecule has 2 aromatic rings. The van der Waals surface area contributed by atoms with Crippen molar-refractivity contribution in [3.63, 3.8) is 0 Å². The van der Waals surface area contributed by atoms with E-state index in [1.165, 1.54) is 24.3 Å². The van der Waals surface area contributed by atoms with Crippen LogP contribution in [-0.4, -0.2) is 59.8 Å². The van der Waals surface area contributed by atoms with Crippen LogP contribution in [0, 0.1) is 0 Å². The van der Waals surface area contributed by atoms with Crippen LogP contribution >= 0.6 is 0 Å². The van der Waals surface area contributed by atoms with Crippen LogP contribution in [0.5, 0.6) is 5.75 Å². The van der Waals surface area contributed by atoms with E-state index in [0.717, 1.165) is 35.8 Å². The van der Waals surface area contributed by atoms with Gasteiger partial charge in [-0.1, -0.05) is 18.2 Å². The molecule has 166 valence electrons. The van der Waals surface area contributed by atoms with Crippen molar-refractivity contribution in [2.24, 2.45) is 0 Å². The largest absolute Gasteiger partial charge is 0.507 e. The number of aromatic hydroxyl groups is 1. The summed E-state index contributed by atoms with van der Waals surface area (Å²) < 4.78 is 5.19. The van der Waals surface area contributed by atoms with Gasteiger partial charge < -0.3 is 14.7 Å². The molecule has 8 heteroatoms. The van der Waals surface area contributed by atoms with Crippen LogP contribution in [0.2, 0.25) is 0 Å². The van der Waals surface area contributed by atoms with Gasteiger partial charge in [-0.25, -0.2) is 4.79 Å². The highest BCUT2D eigenvalue weighted by atomic mass is 16.5. The van der Waals surface area contributed by atoms with Gasteiger partial charge in [-0.05, 0) is 32.0 Å². The number of amides is 2. The smallest absolute Gasteiger partial charge is 0.338 e. The highest BCUT2D eigenvalue weighted by molar-refractivity contribution is 6.16. The summed E-state index contributed by atoms with van der Waals surface area (Å²) in [5.74, 6) is -2.40. The number of ether oxygens (including phenoxy) is 1. The van der Waals surface area contributed by atoms with Crippen molar-refractivity contribution in [3.05, 3.63) is 71.3 Å². The maximum atomic E-state index is 13.1. The second kappa shape index (κ2) is 9.91. The minimum absolute atomic E-state index is 0.0296. The molecule has 0 bridgehead atoms. The first-order valence-corrected chi connectivity index (χ1v) is 10.3. The van der Waals surface area contributed by atoms with Gasteiger partial charge in [-0.2, -0.15) is 0 Å². The van der Waals surface area contributed by atoms with Crippen molar-refractivity contribution < 1.29 is 29.0 Å². The topological polar surface area (TPSA) is 104 Å². The van der Waals surface area contributed by atoms with Crippen LogP contribution in [0.3, 0.4) is 0 Å². The summed E-state index contributed by atoms with van der Waals surface area (Å²) in [6.07, 6.45) is 2.30. The molecule has 0 aromatic heterocycles. The molecule has 0 saturated heterocycles. The van der Waals surface area contributed by atoms with Crippen molar-refractivity contribution in [2.45, 2.75) is 13.8 Å². The zero-order chi connectivity index (χ0) is 23.3. The lowest BCUT2D eigenvalue weighted by Crippen LogP contribution is -2.33. The van der Waals surface area contributed by atoms with Crippen LogP contribution < -0.4 is 4.90 Å². The van der Waals surface area contributed by atoms with Gasteiger partial charge in [0.05, 0.1) is 17.7 Å². The lowest BCUT2D eigenvalue weighted by Gasteiger charge is -2.21. The summed E-state index contributed by atoms with van der Waals surface area (Å²) >= 11 is 0. The SMILES string of the molecule is CCN(CC)c1ccc(C(=O)c2ccccc2C(=O)OCCN2C(=O)C=CC2=O)c(O)c1. The summed E-state index contributed by atoms with van der Waals surface area (Å²) in [4.78, 5) is 51.8. The molecule has 32 heavy (non-hydrogen) atoms. The Morgan fingerprint density at radius 3 is 2.16 bits per heavy atom. The second-order valence-electron chi connectivity index (χ2n) is 7.05. The van der Waals surface area contributed by atoms with Gasteiger partial charge in [-0.15, -0.1) is 0 Å². The normalized spacial score (nSPS) is 12.9. The van der Waals surface area contributed by atoms with E-state index in [2.05, 4.69) is 0 Å². The standard InChI is InChI=1S/C24H24N2O6/c1-3-25(4-2)16-9-10-19(20(27)15-16)23(30)17-7-5-6-8-18(17)24(31)32-14-13-26-21(28)11-12-22(26)29/h5-12,15,27H,3-4,13-14H2,1-2H3. The van der Waals surface area contributed by atoms with E-state index < -0.39 is 23.6 Å².